The van der Waals surface area contributed by atoms with Crippen molar-refractivity contribution in [2.75, 3.05) is 11.9 Å². The normalized spacial score (nSPS) is 22.6. The lowest BCUT2D eigenvalue weighted by molar-refractivity contribution is -0.0332. The molecule has 1 radical (unpaired) electrons. The van der Waals surface area contributed by atoms with Gasteiger partial charge in [0, 0.05) is 12.0 Å². The largest absolute Gasteiger partial charge is 0.394 e. The van der Waals surface area contributed by atoms with E-state index in [4.69, 9.17) is 9.84 Å². The number of aromatic nitrogens is 4. The molecule has 3 heterocycles. The number of aliphatic hydroxyl groups excluding tert-OH is 1. The van der Waals surface area contributed by atoms with E-state index in [9.17, 15) is 9.18 Å². The second-order valence-electron chi connectivity index (χ2n) is 5.75. The van der Waals surface area contributed by atoms with Crippen molar-refractivity contribution in [3.63, 3.8) is 0 Å². The molecule has 1 fully saturated rings. The van der Waals surface area contributed by atoms with Crippen LogP contribution in [0.25, 0.3) is 11.2 Å². The zero-order valence-corrected chi connectivity index (χ0v) is 13.5. The molecule has 1 aliphatic heterocycles. The Kier molecular flexibility index (Phi) is 4.31. The van der Waals surface area contributed by atoms with Gasteiger partial charge in [0.05, 0.1) is 19.0 Å². The smallest absolute Gasteiger partial charge is 0.256 e. The van der Waals surface area contributed by atoms with Gasteiger partial charge in [-0.1, -0.05) is 18.2 Å². The summed E-state index contributed by atoms with van der Waals surface area (Å²) in [5.41, 5.74) is 1.12. The highest BCUT2D eigenvalue weighted by molar-refractivity contribution is 6.06. The van der Waals surface area contributed by atoms with Gasteiger partial charge in [0.2, 0.25) is 0 Å². The number of alkyl halides is 1. The number of anilines is 1. The molecule has 133 valence electrons. The highest BCUT2D eigenvalue weighted by atomic mass is 19.1. The molecular formula is C17H15FN5O3. The molecule has 1 amide bonds. The Morgan fingerprint density at radius 2 is 2.08 bits per heavy atom. The number of halogens is 1. The lowest BCUT2D eigenvalue weighted by atomic mass is 10.2. The number of hydrogen-bond donors (Lipinski definition) is 2. The van der Waals surface area contributed by atoms with Crippen molar-refractivity contribution in [3.8, 4) is 0 Å². The van der Waals surface area contributed by atoms with Gasteiger partial charge in [0.15, 0.2) is 29.4 Å². The highest BCUT2D eigenvalue weighted by Crippen LogP contribution is 2.33. The second kappa shape index (κ2) is 6.77. The fourth-order valence-corrected chi connectivity index (χ4v) is 2.82. The van der Waals surface area contributed by atoms with Crippen LogP contribution in [0.2, 0.25) is 0 Å². The van der Waals surface area contributed by atoms with Crippen molar-refractivity contribution >= 4 is 22.9 Å². The number of nitrogens with zero attached hydrogens (tertiary/aromatic N) is 4. The molecule has 1 saturated heterocycles. The summed E-state index contributed by atoms with van der Waals surface area (Å²) in [5, 5.41) is 11.8. The molecule has 26 heavy (non-hydrogen) atoms. The van der Waals surface area contributed by atoms with Crippen LogP contribution in [0.15, 0.2) is 43.0 Å². The van der Waals surface area contributed by atoms with E-state index in [1.165, 1.54) is 23.6 Å². The molecule has 9 heteroatoms. The standard InChI is InChI=1S/C17H15FN5O3/c18-12-6-11(7-24)26-17(12)23-9-21-13-14(19-8-20-15(13)23)22-16(25)10-4-2-1-3-5-10/h1-6,8-9,11-12,17,24H,7H2,(H,19,20,22,25)/t11-,12+,17-/m1/s1. The first-order valence-corrected chi connectivity index (χ1v) is 7.96. The highest BCUT2D eigenvalue weighted by Gasteiger charge is 2.37. The van der Waals surface area contributed by atoms with Crippen molar-refractivity contribution in [2.45, 2.75) is 18.5 Å². The van der Waals surface area contributed by atoms with Crippen molar-refractivity contribution in [1.82, 2.24) is 19.5 Å². The molecule has 2 aromatic heterocycles. The molecule has 3 atom stereocenters. The summed E-state index contributed by atoms with van der Waals surface area (Å²) in [7, 11) is 0. The van der Waals surface area contributed by atoms with Gasteiger partial charge in [-0.25, -0.2) is 19.3 Å². The molecule has 8 nitrogen and oxygen atoms in total. The Morgan fingerprint density at radius 3 is 2.81 bits per heavy atom. The Bertz CT molecular complexity index is 933. The number of nitrogens with one attached hydrogen (secondary N) is 1. The first-order valence-electron chi connectivity index (χ1n) is 7.96. The third-order valence-corrected chi connectivity index (χ3v) is 4.07. The summed E-state index contributed by atoms with van der Waals surface area (Å²) in [4.78, 5) is 24.7. The number of fused-ring (bicyclic) bond motifs is 1. The van der Waals surface area contributed by atoms with Gasteiger partial charge in [-0.3, -0.25) is 9.36 Å². The van der Waals surface area contributed by atoms with E-state index < -0.39 is 18.5 Å². The molecule has 0 unspecified atom stereocenters. The molecule has 3 aromatic rings. The third-order valence-electron chi connectivity index (χ3n) is 4.07. The van der Waals surface area contributed by atoms with Crippen LogP contribution in [-0.2, 0) is 4.74 Å². The maximum absolute atomic E-state index is 14.2. The third kappa shape index (κ3) is 2.91. The number of carbonyl (C=O) groups is 1. The molecule has 1 aliphatic rings. The number of carbonyl (C=O) groups excluding carboxylic acids is 1. The predicted octanol–water partition coefficient (Wildman–Crippen LogP) is 1.51. The van der Waals surface area contributed by atoms with Crippen LogP contribution in [0.1, 0.15) is 16.6 Å². The lowest BCUT2D eigenvalue weighted by Crippen LogP contribution is -2.17. The molecule has 0 saturated carbocycles. The van der Waals surface area contributed by atoms with Gasteiger partial charge in [-0.15, -0.1) is 0 Å². The lowest BCUT2D eigenvalue weighted by Gasteiger charge is -2.15. The van der Waals surface area contributed by atoms with Crippen LogP contribution in [0, 0.1) is 6.42 Å². The molecule has 1 aromatic carbocycles. The summed E-state index contributed by atoms with van der Waals surface area (Å²) in [6.45, 7) is -0.309. The minimum absolute atomic E-state index is 0.221. The first kappa shape index (κ1) is 16.6. The van der Waals surface area contributed by atoms with Gasteiger partial charge in [-0.2, -0.15) is 0 Å². The maximum atomic E-state index is 14.2. The van der Waals surface area contributed by atoms with E-state index in [-0.39, 0.29) is 18.3 Å². The van der Waals surface area contributed by atoms with Crippen molar-refractivity contribution in [1.29, 1.82) is 0 Å². The SMILES string of the molecule is O=C(Nc1ncnc2c1ncn2[C@@H]1O[C@@H](CO)[CH][C@@H]1F)c1ccccc1. The van der Waals surface area contributed by atoms with Crippen molar-refractivity contribution in [3.05, 3.63) is 55.0 Å². The van der Waals surface area contributed by atoms with Crippen LogP contribution >= 0.6 is 0 Å². The van der Waals surface area contributed by atoms with E-state index in [0.29, 0.717) is 16.7 Å². The van der Waals surface area contributed by atoms with Crippen LogP contribution in [0.5, 0.6) is 0 Å². The molecule has 0 spiro atoms. The average Bonchev–Trinajstić information content (AvgIpc) is 3.26. The van der Waals surface area contributed by atoms with Crippen LogP contribution in [0.4, 0.5) is 10.2 Å². The quantitative estimate of drug-likeness (QED) is 0.735. The van der Waals surface area contributed by atoms with Gasteiger partial charge in [0.25, 0.3) is 5.91 Å². The van der Waals surface area contributed by atoms with E-state index in [1.54, 1.807) is 24.3 Å². The number of aliphatic hydroxyl groups is 1. The first-order chi connectivity index (χ1) is 12.7. The number of ether oxygens (including phenoxy) is 1. The van der Waals surface area contributed by atoms with Crippen molar-refractivity contribution in [2.24, 2.45) is 0 Å². The minimum atomic E-state index is -1.41. The Labute approximate surface area is 147 Å². The van der Waals surface area contributed by atoms with Gasteiger partial charge >= 0.3 is 0 Å². The van der Waals surface area contributed by atoms with E-state index in [2.05, 4.69) is 20.3 Å². The zero-order chi connectivity index (χ0) is 18.1. The fourth-order valence-electron chi connectivity index (χ4n) is 2.82. The fraction of sp³-hybridized carbons (Fsp3) is 0.235. The minimum Gasteiger partial charge on any atom is -0.394 e. The monoisotopic (exact) mass is 356 g/mol. The van der Waals surface area contributed by atoms with Crippen LogP contribution < -0.4 is 5.32 Å². The van der Waals surface area contributed by atoms with Crippen LogP contribution in [0.3, 0.4) is 0 Å². The van der Waals surface area contributed by atoms with E-state index in [1.807, 2.05) is 6.07 Å². The molecule has 2 N–H and O–H groups in total. The number of rotatable bonds is 4. The number of hydrogen-bond acceptors (Lipinski definition) is 6. The number of benzene rings is 1. The summed E-state index contributed by atoms with van der Waals surface area (Å²) in [6.07, 6.45) is 0.840. The summed E-state index contributed by atoms with van der Waals surface area (Å²) >= 11 is 0. The summed E-state index contributed by atoms with van der Waals surface area (Å²) < 4.78 is 21.1. The Balaban J connectivity index is 1.64. The van der Waals surface area contributed by atoms with Gasteiger partial charge in [0.1, 0.15) is 6.33 Å². The van der Waals surface area contributed by atoms with Gasteiger partial charge in [-0.05, 0) is 12.1 Å². The van der Waals surface area contributed by atoms with Gasteiger partial charge < -0.3 is 15.2 Å². The molecule has 0 aliphatic carbocycles. The van der Waals surface area contributed by atoms with E-state index in [0.717, 1.165) is 0 Å². The topological polar surface area (TPSA) is 102 Å². The molecule has 4 rings (SSSR count). The number of amides is 1. The summed E-state index contributed by atoms with van der Waals surface area (Å²) in [6, 6.07) is 8.68. The summed E-state index contributed by atoms with van der Waals surface area (Å²) in [5.74, 6) is -0.118. The molecular weight excluding hydrogens is 341 g/mol. The Hall–Kier alpha value is -2.91. The maximum Gasteiger partial charge on any atom is 0.256 e. The number of imidazole rings is 1. The van der Waals surface area contributed by atoms with Crippen LogP contribution in [-0.4, -0.2) is 49.4 Å². The predicted molar refractivity (Wildman–Crippen MR) is 89.9 cm³/mol. The van der Waals surface area contributed by atoms with E-state index >= 15 is 0 Å². The molecule has 0 bridgehead atoms. The zero-order valence-electron chi connectivity index (χ0n) is 13.5. The average molecular weight is 356 g/mol. The Morgan fingerprint density at radius 1 is 1.27 bits per heavy atom. The second-order valence-corrected chi connectivity index (χ2v) is 5.75. The van der Waals surface area contributed by atoms with Crippen molar-refractivity contribution < 1.29 is 19.0 Å².